The van der Waals surface area contributed by atoms with E-state index in [4.69, 9.17) is 0 Å². The second kappa shape index (κ2) is 6.92. The summed E-state index contributed by atoms with van der Waals surface area (Å²) in [6, 6.07) is 11.1. The average molecular weight is 385 g/mol. The summed E-state index contributed by atoms with van der Waals surface area (Å²) in [5.74, 6) is 0. The van der Waals surface area contributed by atoms with Gasteiger partial charge in [0.25, 0.3) is 0 Å². The van der Waals surface area contributed by atoms with Crippen molar-refractivity contribution in [2.75, 3.05) is 17.5 Å². The quantitative estimate of drug-likeness (QED) is 0.826. The van der Waals surface area contributed by atoms with E-state index in [-0.39, 0.29) is 23.4 Å². The molecule has 2 aromatic rings. The molecule has 0 aromatic heterocycles. The zero-order valence-electron chi connectivity index (χ0n) is 13.8. The molecule has 0 amide bonds. The summed E-state index contributed by atoms with van der Waals surface area (Å²) < 4.78 is 66.8. The minimum absolute atomic E-state index is 0.0930. The monoisotopic (exact) mass is 385 g/mol. The van der Waals surface area contributed by atoms with E-state index in [1.807, 2.05) is 0 Å². The highest BCUT2D eigenvalue weighted by Gasteiger charge is 2.41. The van der Waals surface area contributed by atoms with Crippen LogP contribution >= 0.6 is 0 Å². The maximum atomic E-state index is 13.4. The molecule has 1 N–H and O–H groups in total. The summed E-state index contributed by atoms with van der Waals surface area (Å²) in [5, 5.41) is 8.78. The fourth-order valence-electron chi connectivity index (χ4n) is 2.91. The molecule has 0 aliphatic heterocycles. The lowest BCUT2D eigenvalue weighted by atomic mass is 9.98. The van der Waals surface area contributed by atoms with Gasteiger partial charge < -0.3 is 5.11 Å². The summed E-state index contributed by atoms with van der Waals surface area (Å²) in [6.07, 6.45) is -3.53. The smallest absolute Gasteiger partial charge is 0.394 e. The lowest BCUT2D eigenvalue weighted by Crippen LogP contribution is -2.36. The first-order chi connectivity index (χ1) is 12.3. The van der Waals surface area contributed by atoms with Crippen molar-refractivity contribution in [1.82, 2.24) is 0 Å². The number of aliphatic hydroxyl groups excluding tert-OH is 1. The maximum Gasteiger partial charge on any atom is 0.417 e. The van der Waals surface area contributed by atoms with Gasteiger partial charge in [0.15, 0.2) is 0 Å². The van der Waals surface area contributed by atoms with Gasteiger partial charge in [0.2, 0.25) is 10.0 Å². The van der Waals surface area contributed by atoms with Crippen molar-refractivity contribution in [3.63, 3.8) is 0 Å². The van der Waals surface area contributed by atoms with E-state index in [1.54, 1.807) is 12.1 Å². The van der Waals surface area contributed by atoms with Crippen LogP contribution in [0.25, 0.3) is 11.1 Å². The number of anilines is 1. The topological polar surface area (TPSA) is 57.6 Å². The van der Waals surface area contributed by atoms with E-state index in [9.17, 15) is 26.7 Å². The molecule has 1 saturated carbocycles. The number of benzene rings is 2. The Balaban J connectivity index is 2.18. The molecule has 0 spiro atoms. The number of aliphatic hydroxyl groups is 1. The van der Waals surface area contributed by atoms with E-state index >= 15 is 0 Å². The summed E-state index contributed by atoms with van der Waals surface area (Å²) in [5.41, 5.74) is -0.618. The van der Waals surface area contributed by atoms with Crippen molar-refractivity contribution >= 4 is 15.7 Å². The molecular formula is C18H18F3NO3S. The number of hydrogen-bond acceptors (Lipinski definition) is 3. The highest BCUT2D eigenvalue weighted by atomic mass is 32.2. The van der Waals surface area contributed by atoms with Gasteiger partial charge in [-0.05, 0) is 30.5 Å². The van der Waals surface area contributed by atoms with Crippen molar-refractivity contribution in [2.45, 2.75) is 24.3 Å². The molecule has 0 unspecified atom stereocenters. The highest BCUT2D eigenvalue weighted by Crippen LogP contribution is 2.42. The van der Waals surface area contributed by atoms with Crippen molar-refractivity contribution < 1.29 is 26.7 Å². The molecular weight excluding hydrogens is 367 g/mol. The van der Waals surface area contributed by atoms with Crippen molar-refractivity contribution in [1.29, 1.82) is 0 Å². The Morgan fingerprint density at radius 1 is 1.00 bits per heavy atom. The molecule has 1 aliphatic carbocycles. The van der Waals surface area contributed by atoms with Crippen molar-refractivity contribution in [3.8, 4) is 11.1 Å². The molecule has 0 heterocycles. The van der Waals surface area contributed by atoms with E-state index in [0.29, 0.717) is 12.8 Å². The maximum absolute atomic E-state index is 13.4. The van der Waals surface area contributed by atoms with Crippen LogP contribution in [-0.2, 0) is 16.2 Å². The van der Waals surface area contributed by atoms with Gasteiger partial charge in [-0.1, -0.05) is 36.4 Å². The molecule has 1 fully saturated rings. The molecule has 140 valence electrons. The van der Waals surface area contributed by atoms with Gasteiger partial charge in [0.05, 0.1) is 29.7 Å². The van der Waals surface area contributed by atoms with Crippen molar-refractivity contribution in [3.05, 3.63) is 54.1 Å². The largest absolute Gasteiger partial charge is 0.417 e. The summed E-state index contributed by atoms with van der Waals surface area (Å²) >= 11 is 0. The second-order valence-electron chi connectivity index (χ2n) is 6.10. The van der Waals surface area contributed by atoms with Crippen molar-refractivity contribution in [2.24, 2.45) is 0 Å². The van der Waals surface area contributed by atoms with Crippen LogP contribution in [-0.4, -0.2) is 31.9 Å². The molecule has 4 nitrogen and oxygen atoms in total. The molecule has 0 atom stereocenters. The zero-order chi connectivity index (χ0) is 18.9. The van der Waals surface area contributed by atoms with Crippen LogP contribution in [0.2, 0.25) is 0 Å². The number of hydrogen-bond donors (Lipinski definition) is 1. The van der Waals surface area contributed by atoms with Crippen LogP contribution in [0.4, 0.5) is 18.9 Å². The number of halogens is 3. The SMILES string of the molecule is O=S(=O)(C1CC1)N(CCO)c1ccccc1-c1ccccc1C(F)(F)F. The molecule has 1 aliphatic rings. The first kappa shape index (κ1) is 18.7. The van der Waals surface area contributed by atoms with Crippen LogP contribution in [0.15, 0.2) is 48.5 Å². The van der Waals surface area contributed by atoms with Gasteiger partial charge in [0.1, 0.15) is 0 Å². The van der Waals surface area contributed by atoms with E-state index < -0.39 is 33.6 Å². The summed E-state index contributed by atoms with van der Waals surface area (Å²) in [4.78, 5) is 0. The third kappa shape index (κ3) is 3.57. The third-order valence-corrected chi connectivity index (χ3v) is 6.56. The third-order valence-electron chi connectivity index (χ3n) is 4.25. The summed E-state index contributed by atoms with van der Waals surface area (Å²) in [6.45, 7) is -0.634. The fourth-order valence-corrected chi connectivity index (χ4v) is 4.77. The van der Waals surface area contributed by atoms with Gasteiger partial charge in [0, 0.05) is 5.56 Å². The first-order valence-electron chi connectivity index (χ1n) is 8.15. The minimum atomic E-state index is -4.57. The Hall–Kier alpha value is -2.06. The minimum Gasteiger partial charge on any atom is -0.394 e. The van der Waals surface area contributed by atoms with Gasteiger partial charge in [-0.2, -0.15) is 13.2 Å². The molecule has 8 heteroatoms. The first-order valence-corrected chi connectivity index (χ1v) is 9.65. The van der Waals surface area contributed by atoms with Gasteiger partial charge in [-0.15, -0.1) is 0 Å². The normalized spacial score (nSPS) is 15.1. The van der Waals surface area contributed by atoms with Gasteiger partial charge >= 0.3 is 6.18 Å². The zero-order valence-corrected chi connectivity index (χ0v) is 14.6. The second-order valence-corrected chi connectivity index (χ2v) is 8.24. The summed E-state index contributed by atoms with van der Waals surface area (Å²) in [7, 11) is -3.73. The Kier molecular flexibility index (Phi) is 4.98. The molecule has 0 bridgehead atoms. The molecule has 26 heavy (non-hydrogen) atoms. The van der Waals surface area contributed by atoms with Crippen LogP contribution in [0.3, 0.4) is 0 Å². The van der Waals surface area contributed by atoms with E-state index in [1.165, 1.54) is 30.3 Å². The predicted molar refractivity (Wildman–Crippen MR) is 93.3 cm³/mol. The Morgan fingerprint density at radius 3 is 2.15 bits per heavy atom. The Morgan fingerprint density at radius 2 is 1.58 bits per heavy atom. The number of alkyl halides is 3. The molecule has 0 saturated heterocycles. The molecule has 3 rings (SSSR count). The lowest BCUT2D eigenvalue weighted by Gasteiger charge is -2.27. The predicted octanol–water partition coefficient (Wildman–Crippen LogP) is 3.66. The lowest BCUT2D eigenvalue weighted by molar-refractivity contribution is -0.137. The number of para-hydroxylation sites is 1. The fraction of sp³-hybridized carbons (Fsp3) is 0.333. The number of nitrogens with zero attached hydrogens (tertiary/aromatic N) is 1. The molecule has 0 radical (unpaired) electrons. The van der Waals surface area contributed by atoms with Crippen LogP contribution in [0, 0.1) is 0 Å². The van der Waals surface area contributed by atoms with Crippen LogP contribution < -0.4 is 4.31 Å². The highest BCUT2D eigenvalue weighted by molar-refractivity contribution is 7.93. The Bertz CT molecular complexity index is 893. The van der Waals surface area contributed by atoms with Gasteiger partial charge in [-0.3, -0.25) is 4.31 Å². The van der Waals surface area contributed by atoms with Crippen LogP contribution in [0.5, 0.6) is 0 Å². The van der Waals surface area contributed by atoms with E-state index in [2.05, 4.69) is 0 Å². The number of rotatable bonds is 6. The van der Waals surface area contributed by atoms with Crippen LogP contribution in [0.1, 0.15) is 18.4 Å². The molecule has 2 aromatic carbocycles. The van der Waals surface area contributed by atoms with E-state index in [0.717, 1.165) is 10.4 Å². The standard InChI is InChI=1S/C18H18F3NO3S/c19-18(20,21)16-7-3-1-5-14(16)15-6-2-4-8-17(15)22(11-12-23)26(24,25)13-9-10-13/h1-8,13,23H,9-12H2. The number of sulfonamides is 1. The average Bonchev–Trinajstić information content (AvgIpc) is 3.44. The Labute approximate surface area is 149 Å². The van der Waals surface area contributed by atoms with Gasteiger partial charge in [-0.25, -0.2) is 8.42 Å².